The van der Waals surface area contributed by atoms with E-state index >= 15 is 0 Å². The van der Waals surface area contributed by atoms with Crippen LogP contribution in [0.2, 0.25) is 0 Å². The largest absolute Gasteiger partial charge is 0.397 e. The molecule has 0 heterocycles. The Morgan fingerprint density at radius 1 is 1.25 bits per heavy atom. The summed E-state index contributed by atoms with van der Waals surface area (Å²) in [4.78, 5) is 10.1. The van der Waals surface area contributed by atoms with Crippen molar-refractivity contribution in [2.75, 3.05) is 6.61 Å². The number of hydrogen-bond donors (Lipinski definition) is 5. The molecule has 0 fully saturated rings. The zero-order valence-electron chi connectivity index (χ0n) is 8.00. The molecular weight excluding hydrogens is 246 g/mol. The molecule has 0 aliphatic carbocycles. The number of carbonyl (C=O) groups is 1. The molecular formula is C6H13NO8S. The molecule has 0 spiro atoms. The van der Waals surface area contributed by atoms with E-state index < -0.39 is 41.4 Å². The Morgan fingerprint density at radius 2 is 1.75 bits per heavy atom. The van der Waals surface area contributed by atoms with Crippen LogP contribution in [0.1, 0.15) is 0 Å². The number of aliphatic hydroxyl groups excluding tert-OH is 3. The van der Waals surface area contributed by atoms with Gasteiger partial charge in [-0.3, -0.25) is 4.55 Å². The highest BCUT2D eigenvalue weighted by atomic mass is 32.3. The third-order valence-corrected chi connectivity index (χ3v) is 2.12. The Labute approximate surface area is 91.4 Å². The summed E-state index contributed by atoms with van der Waals surface area (Å²) in [5.74, 6) is 0. The molecule has 96 valence electrons. The zero-order valence-corrected chi connectivity index (χ0v) is 8.82. The highest BCUT2D eigenvalue weighted by Crippen LogP contribution is 2.04. The van der Waals surface area contributed by atoms with Crippen molar-refractivity contribution in [3.8, 4) is 0 Å². The Morgan fingerprint density at radius 3 is 2.12 bits per heavy atom. The molecule has 9 nitrogen and oxygen atoms in total. The van der Waals surface area contributed by atoms with Crippen molar-refractivity contribution in [2.45, 2.75) is 24.4 Å². The predicted molar refractivity (Wildman–Crippen MR) is 49.6 cm³/mol. The van der Waals surface area contributed by atoms with E-state index in [4.69, 9.17) is 20.5 Å². The van der Waals surface area contributed by atoms with Gasteiger partial charge in [0.25, 0.3) is 0 Å². The Kier molecular flexibility index (Phi) is 5.96. The average Bonchev–Trinajstić information content (AvgIpc) is 2.21. The molecule has 0 aromatic heterocycles. The van der Waals surface area contributed by atoms with Crippen LogP contribution in [0.15, 0.2) is 0 Å². The first kappa shape index (κ1) is 15.4. The van der Waals surface area contributed by atoms with Gasteiger partial charge in [0.05, 0.1) is 12.6 Å². The standard InChI is InChI=1S/C6H13NO8S/c7-3(1-8)5(10)6(11)4(9)2-15-16(12,13)14/h1,3-6,9-11H,2,7H2,(H,12,13,14)/t3-,4+,5+,6+/m1/s1. The van der Waals surface area contributed by atoms with Gasteiger partial charge in [-0.25, -0.2) is 4.18 Å². The Bertz CT molecular complexity index is 316. The van der Waals surface area contributed by atoms with E-state index in [0.717, 1.165) is 0 Å². The van der Waals surface area contributed by atoms with Crippen LogP contribution in [0.4, 0.5) is 0 Å². The highest BCUT2D eigenvalue weighted by molar-refractivity contribution is 7.80. The molecule has 4 atom stereocenters. The van der Waals surface area contributed by atoms with Crippen molar-refractivity contribution in [3.63, 3.8) is 0 Å². The van der Waals surface area contributed by atoms with E-state index in [-0.39, 0.29) is 6.29 Å². The number of carbonyl (C=O) groups excluding carboxylic acids is 1. The van der Waals surface area contributed by atoms with E-state index in [2.05, 4.69) is 4.18 Å². The first-order valence-corrected chi connectivity index (χ1v) is 5.42. The minimum atomic E-state index is -4.76. The minimum absolute atomic E-state index is 0.143. The summed E-state index contributed by atoms with van der Waals surface area (Å²) in [6.45, 7) is -0.983. The number of aldehydes is 1. The summed E-state index contributed by atoms with van der Waals surface area (Å²) < 4.78 is 32.1. The number of nitrogens with two attached hydrogens (primary N) is 1. The van der Waals surface area contributed by atoms with E-state index in [1.54, 1.807) is 0 Å². The van der Waals surface area contributed by atoms with Crippen LogP contribution < -0.4 is 5.73 Å². The second-order valence-corrected chi connectivity index (χ2v) is 4.07. The van der Waals surface area contributed by atoms with Crippen LogP contribution in [0, 0.1) is 0 Å². The molecule has 0 aliphatic heterocycles. The van der Waals surface area contributed by atoms with Crippen molar-refractivity contribution in [3.05, 3.63) is 0 Å². The molecule has 0 saturated heterocycles. The lowest BCUT2D eigenvalue weighted by atomic mass is 10.0. The minimum Gasteiger partial charge on any atom is -0.388 e. The van der Waals surface area contributed by atoms with Crippen LogP contribution in [0.3, 0.4) is 0 Å². The molecule has 0 saturated carbocycles. The molecule has 0 bridgehead atoms. The van der Waals surface area contributed by atoms with Gasteiger partial charge in [0, 0.05) is 0 Å². The second-order valence-electron chi connectivity index (χ2n) is 2.97. The summed E-state index contributed by atoms with van der Waals surface area (Å²) in [6.07, 6.45) is -5.35. The highest BCUT2D eigenvalue weighted by Gasteiger charge is 2.30. The van der Waals surface area contributed by atoms with Crippen LogP contribution in [0.5, 0.6) is 0 Å². The smallest absolute Gasteiger partial charge is 0.388 e. The van der Waals surface area contributed by atoms with Crippen molar-refractivity contribution in [2.24, 2.45) is 5.73 Å². The molecule has 16 heavy (non-hydrogen) atoms. The average molecular weight is 259 g/mol. The Balaban J connectivity index is 4.27. The molecule has 0 aliphatic rings. The fourth-order valence-electron chi connectivity index (χ4n) is 0.790. The molecule has 6 N–H and O–H groups in total. The van der Waals surface area contributed by atoms with Crippen LogP contribution in [-0.2, 0) is 19.4 Å². The van der Waals surface area contributed by atoms with Crippen molar-refractivity contribution >= 4 is 16.7 Å². The summed E-state index contributed by atoms with van der Waals surface area (Å²) >= 11 is 0. The van der Waals surface area contributed by atoms with Gasteiger partial charge in [-0.1, -0.05) is 0 Å². The van der Waals surface area contributed by atoms with Crippen LogP contribution in [0.25, 0.3) is 0 Å². The Hall–Kier alpha value is -0.620. The second kappa shape index (κ2) is 6.20. The molecule has 10 heteroatoms. The lowest BCUT2D eigenvalue weighted by Crippen LogP contribution is -2.50. The van der Waals surface area contributed by atoms with E-state index in [9.17, 15) is 18.3 Å². The van der Waals surface area contributed by atoms with Gasteiger partial charge in [-0.15, -0.1) is 0 Å². The maximum atomic E-state index is 10.1. The van der Waals surface area contributed by atoms with Gasteiger partial charge in [-0.2, -0.15) is 8.42 Å². The topological polar surface area (TPSA) is 167 Å². The van der Waals surface area contributed by atoms with Gasteiger partial charge in [0.2, 0.25) is 0 Å². The molecule has 0 radical (unpaired) electrons. The van der Waals surface area contributed by atoms with Crippen molar-refractivity contribution in [1.29, 1.82) is 0 Å². The SMILES string of the molecule is N[C@H](C=O)[C@H](O)[C@@H](O)[C@@H](O)COS(=O)(=O)O. The zero-order chi connectivity index (χ0) is 12.9. The quantitative estimate of drug-likeness (QED) is 0.229. The first-order valence-electron chi connectivity index (χ1n) is 4.06. The fourth-order valence-corrected chi connectivity index (χ4v) is 1.10. The molecule has 0 amide bonds. The fraction of sp³-hybridized carbons (Fsp3) is 0.833. The van der Waals surface area contributed by atoms with Gasteiger partial charge < -0.3 is 25.8 Å². The summed E-state index contributed by atoms with van der Waals surface area (Å²) in [6, 6.07) is -1.43. The van der Waals surface area contributed by atoms with Gasteiger partial charge in [0.15, 0.2) is 0 Å². The number of hydrogen-bond acceptors (Lipinski definition) is 8. The molecule has 0 aromatic rings. The van der Waals surface area contributed by atoms with Gasteiger partial charge in [0.1, 0.15) is 24.6 Å². The monoisotopic (exact) mass is 259 g/mol. The number of aliphatic hydroxyl groups is 3. The number of rotatable bonds is 7. The summed E-state index contributed by atoms with van der Waals surface area (Å²) in [5, 5.41) is 27.5. The normalized spacial score (nSPS) is 19.8. The van der Waals surface area contributed by atoms with E-state index in [1.807, 2.05) is 0 Å². The predicted octanol–water partition coefficient (Wildman–Crippen LogP) is -3.59. The summed E-state index contributed by atoms with van der Waals surface area (Å²) in [5.41, 5.74) is 5.04. The first-order chi connectivity index (χ1) is 7.19. The van der Waals surface area contributed by atoms with Gasteiger partial charge in [-0.05, 0) is 0 Å². The van der Waals surface area contributed by atoms with Crippen molar-refractivity contribution < 1.29 is 37.3 Å². The maximum absolute atomic E-state index is 10.1. The molecule has 0 aromatic carbocycles. The van der Waals surface area contributed by atoms with E-state index in [1.165, 1.54) is 0 Å². The van der Waals surface area contributed by atoms with E-state index in [0.29, 0.717) is 0 Å². The van der Waals surface area contributed by atoms with Crippen LogP contribution in [-0.4, -0.2) is 65.5 Å². The molecule has 0 rings (SSSR count). The maximum Gasteiger partial charge on any atom is 0.397 e. The lowest BCUT2D eigenvalue weighted by Gasteiger charge is -2.23. The third kappa shape index (κ3) is 5.46. The lowest BCUT2D eigenvalue weighted by molar-refractivity contribution is -0.117. The summed E-state index contributed by atoms with van der Waals surface area (Å²) in [7, 11) is -4.76. The molecule has 0 unspecified atom stereocenters. The van der Waals surface area contributed by atoms with Crippen molar-refractivity contribution in [1.82, 2.24) is 0 Å². The third-order valence-electron chi connectivity index (χ3n) is 1.68. The van der Waals surface area contributed by atoms with Crippen LogP contribution >= 0.6 is 0 Å². The van der Waals surface area contributed by atoms with Gasteiger partial charge >= 0.3 is 10.4 Å².